The van der Waals surface area contributed by atoms with Crippen LogP contribution in [0, 0.1) is 0 Å². The summed E-state index contributed by atoms with van der Waals surface area (Å²) in [6, 6.07) is 7.28. The second-order valence-corrected chi connectivity index (χ2v) is 3.93. The van der Waals surface area contributed by atoms with E-state index < -0.39 is 0 Å². The zero-order valence-electron chi connectivity index (χ0n) is 9.50. The van der Waals surface area contributed by atoms with E-state index in [4.69, 9.17) is 11.6 Å². The number of hydrogen-bond donors (Lipinski definition) is 1. The average molecular weight is 242 g/mol. The number of carbonyl (C=O) groups excluding carboxylic acids is 1. The predicted octanol–water partition coefficient (Wildman–Crippen LogP) is 2.38. The molecule has 88 valence electrons. The molecule has 0 bridgehead atoms. The molecule has 16 heavy (non-hydrogen) atoms. The van der Waals surface area contributed by atoms with E-state index in [0.717, 1.165) is 5.56 Å². The first-order chi connectivity index (χ1) is 7.67. The zero-order chi connectivity index (χ0) is 12.0. The first kappa shape index (κ1) is 13.0. The molecule has 4 heteroatoms. The molecule has 0 amide bonds. The molecule has 1 rings (SSSR count). The Hall–Kier alpha value is -1.06. The molecule has 0 aliphatic heterocycles. The van der Waals surface area contributed by atoms with Crippen LogP contribution in [0.3, 0.4) is 0 Å². The van der Waals surface area contributed by atoms with Gasteiger partial charge in [-0.1, -0.05) is 30.7 Å². The van der Waals surface area contributed by atoms with E-state index in [1.807, 2.05) is 31.2 Å². The molecule has 1 N–H and O–H groups in total. The van der Waals surface area contributed by atoms with E-state index in [1.54, 1.807) is 0 Å². The Labute approximate surface area is 101 Å². The van der Waals surface area contributed by atoms with Gasteiger partial charge in [0, 0.05) is 11.6 Å². The van der Waals surface area contributed by atoms with Crippen LogP contribution in [-0.4, -0.2) is 19.1 Å². The van der Waals surface area contributed by atoms with Crippen molar-refractivity contribution in [3.63, 3.8) is 0 Å². The van der Waals surface area contributed by atoms with Crippen molar-refractivity contribution in [1.29, 1.82) is 0 Å². The Morgan fingerprint density at radius 3 is 2.88 bits per heavy atom. The first-order valence-electron chi connectivity index (χ1n) is 5.23. The molecule has 0 fully saturated rings. The minimum Gasteiger partial charge on any atom is -0.468 e. The Morgan fingerprint density at radius 1 is 1.56 bits per heavy atom. The summed E-state index contributed by atoms with van der Waals surface area (Å²) in [5, 5.41) is 3.83. The lowest BCUT2D eigenvalue weighted by atomic mass is 10.2. The van der Waals surface area contributed by atoms with Crippen LogP contribution in [-0.2, 0) is 16.1 Å². The molecule has 0 saturated carbocycles. The lowest BCUT2D eigenvalue weighted by molar-refractivity contribution is -0.143. The zero-order valence-corrected chi connectivity index (χ0v) is 10.3. The van der Waals surface area contributed by atoms with Crippen molar-refractivity contribution in [2.45, 2.75) is 25.9 Å². The molecule has 0 aliphatic carbocycles. The summed E-state index contributed by atoms with van der Waals surface area (Å²) >= 11 is 5.86. The molecule has 3 nitrogen and oxygen atoms in total. The minimum absolute atomic E-state index is 0.232. The number of halogens is 1. The van der Waals surface area contributed by atoms with Crippen molar-refractivity contribution in [2.75, 3.05) is 7.11 Å². The predicted molar refractivity (Wildman–Crippen MR) is 64.4 cm³/mol. The van der Waals surface area contributed by atoms with Crippen LogP contribution in [0.2, 0.25) is 5.02 Å². The first-order valence-corrected chi connectivity index (χ1v) is 5.60. The van der Waals surface area contributed by atoms with Crippen LogP contribution < -0.4 is 5.32 Å². The summed E-state index contributed by atoms with van der Waals surface area (Å²) in [6.07, 6.45) is 0.702. The molecule has 1 aromatic carbocycles. The van der Waals surface area contributed by atoms with Gasteiger partial charge in [0.15, 0.2) is 0 Å². The summed E-state index contributed by atoms with van der Waals surface area (Å²) in [6.45, 7) is 2.54. The van der Waals surface area contributed by atoms with E-state index in [9.17, 15) is 4.79 Å². The smallest absolute Gasteiger partial charge is 0.322 e. The van der Waals surface area contributed by atoms with Crippen molar-refractivity contribution < 1.29 is 9.53 Å². The second-order valence-electron chi connectivity index (χ2n) is 3.49. The van der Waals surface area contributed by atoms with E-state index in [-0.39, 0.29) is 12.0 Å². The summed E-state index contributed by atoms with van der Waals surface area (Å²) in [5.74, 6) is -0.232. The monoisotopic (exact) mass is 241 g/mol. The maximum atomic E-state index is 11.3. The van der Waals surface area contributed by atoms with Gasteiger partial charge in [-0.05, 0) is 24.1 Å². The van der Waals surface area contributed by atoms with Gasteiger partial charge in [0.2, 0.25) is 0 Å². The fraction of sp³-hybridized carbons (Fsp3) is 0.417. The van der Waals surface area contributed by atoms with Crippen molar-refractivity contribution in [2.24, 2.45) is 0 Å². The number of carbonyl (C=O) groups is 1. The van der Waals surface area contributed by atoms with Gasteiger partial charge in [0.05, 0.1) is 7.11 Å². The molecule has 0 aromatic heterocycles. The molecule has 0 saturated heterocycles. The fourth-order valence-corrected chi connectivity index (χ4v) is 1.64. The van der Waals surface area contributed by atoms with Gasteiger partial charge >= 0.3 is 5.97 Å². The van der Waals surface area contributed by atoms with Gasteiger partial charge in [-0.25, -0.2) is 0 Å². The number of nitrogens with one attached hydrogen (secondary N) is 1. The van der Waals surface area contributed by atoms with Gasteiger partial charge in [0.1, 0.15) is 6.04 Å². The van der Waals surface area contributed by atoms with Crippen molar-refractivity contribution in [1.82, 2.24) is 5.32 Å². The second kappa shape index (κ2) is 6.51. The minimum atomic E-state index is -0.260. The highest BCUT2D eigenvalue weighted by molar-refractivity contribution is 6.30. The van der Waals surface area contributed by atoms with Crippen LogP contribution in [0.5, 0.6) is 0 Å². The lowest BCUT2D eigenvalue weighted by Gasteiger charge is -2.14. The number of ether oxygens (including phenoxy) is 1. The standard InChI is InChI=1S/C12H16ClNO2/c1-3-11(12(15)16-2)14-8-9-5-4-6-10(13)7-9/h4-7,11,14H,3,8H2,1-2H3. The maximum absolute atomic E-state index is 11.3. The third kappa shape index (κ3) is 3.83. The molecule has 0 heterocycles. The Balaban J connectivity index is 2.52. The van der Waals surface area contributed by atoms with Gasteiger partial charge < -0.3 is 10.1 Å². The third-order valence-electron chi connectivity index (χ3n) is 2.34. The largest absolute Gasteiger partial charge is 0.468 e. The Morgan fingerprint density at radius 2 is 2.31 bits per heavy atom. The highest BCUT2D eigenvalue weighted by Gasteiger charge is 2.15. The summed E-state index contributed by atoms with van der Waals surface area (Å²) in [5.41, 5.74) is 1.05. The van der Waals surface area contributed by atoms with Crippen LogP contribution in [0.15, 0.2) is 24.3 Å². The topological polar surface area (TPSA) is 38.3 Å². The SMILES string of the molecule is CCC(NCc1cccc(Cl)c1)C(=O)OC. The molecule has 1 atom stereocenters. The molecular formula is C12H16ClNO2. The molecular weight excluding hydrogens is 226 g/mol. The van der Waals surface area contributed by atoms with Crippen molar-refractivity contribution >= 4 is 17.6 Å². The van der Waals surface area contributed by atoms with E-state index in [2.05, 4.69) is 10.1 Å². The van der Waals surface area contributed by atoms with E-state index in [1.165, 1.54) is 7.11 Å². The number of benzene rings is 1. The average Bonchev–Trinajstić information content (AvgIpc) is 2.29. The Kier molecular flexibility index (Phi) is 5.29. The molecule has 0 radical (unpaired) electrons. The van der Waals surface area contributed by atoms with Crippen LogP contribution in [0.4, 0.5) is 0 Å². The molecule has 0 spiro atoms. The summed E-state index contributed by atoms with van der Waals surface area (Å²) in [7, 11) is 1.39. The molecule has 0 aliphatic rings. The number of hydrogen-bond acceptors (Lipinski definition) is 3. The van der Waals surface area contributed by atoms with E-state index in [0.29, 0.717) is 18.0 Å². The van der Waals surface area contributed by atoms with E-state index >= 15 is 0 Å². The van der Waals surface area contributed by atoms with Crippen LogP contribution in [0.25, 0.3) is 0 Å². The highest BCUT2D eigenvalue weighted by Crippen LogP contribution is 2.10. The number of rotatable bonds is 5. The fourth-order valence-electron chi connectivity index (χ4n) is 1.42. The molecule has 1 aromatic rings. The number of esters is 1. The maximum Gasteiger partial charge on any atom is 0.322 e. The van der Waals surface area contributed by atoms with Crippen molar-refractivity contribution in [3.8, 4) is 0 Å². The lowest BCUT2D eigenvalue weighted by Crippen LogP contribution is -2.36. The third-order valence-corrected chi connectivity index (χ3v) is 2.57. The summed E-state index contributed by atoms with van der Waals surface area (Å²) in [4.78, 5) is 11.3. The molecule has 1 unspecified atom stereocenters. The Bertz CT molecular complexity index is 355. The number of methoxy groups -OCH3 is 1. The highest BCUT2D eigenvalue weighted by atomic mass is 35.5. The quantitative estimate of drug-likeness (QED) is 0.805. The van der Waals surface area contributed by atoms with Gasteiger partial charge in [-0.15, -0.1) is 0 Å². The van der Waals surface area contributed by atoms with Crippen LogP contribution in [0.1, 0.15) is 18.9 Å². The summed E-state index contributed by atoms with van der Waals surface area (Å²) < 4.78 is 4.69. The van der Waals surface area contributed by atoms with Gasteiger partial charge in [0.25, 0.3) is 0 Å². The van der Waals surface area contributed by atoms with Gasteiger partial charge in [-0.2, -0.15) is 0 Å². The van der Waals surface area contributed by atoms with Crippen molar-refractivity contribution in [3.05, 3.63) is 34.9 Å². The van der Waals surface area contributed by atoms with Gasteiger partial charge in [-0.3, -0.25) is 4.79 Å². The van der Waals surface area contributed by atoms with Crippen LogP contribution >= 0.6 is 11.6 Å². The normalized spacial score (nSPS) is 12.2.